The van der Waals surface area contributed by atoms with Crippen LogP contribution in [0.3, 0.4) is 0 Å². The van der Waals surface area contributed by atoms with E-state index in [0.29, 0.717) is 0 Å². The van der Waals surface area contributed by atoms with Crippen LogP contribution in [0.4, 0.5) is 0 Å². The second-order valence-electron chi connectivity index (χ2n) is 7.09. The molecule has 5 rings (SSSR count). The summed E-state index contributed by atoms with van der Waals surface area (Å²) in [5.41, 5.74) is 2.69. The number of imidazole rings is 1. The van der Waals surface area contributed by atoms with Gasteiger partial charge < -0.3 is 4.90 Å². The number of carbonyl (C=O) groups is 1. The zero-order valence-electron chi connectivity index (χ0n) is 15.7. The van der Waals surface area contributed by atoms with Crippen LogP contribution in [0.2, 0.25) is 0 Å². The molecule has 142 valence electrons. The van der Waals surface area contributed by atoms with Crippen molar-refractivity contribution in [3.05, 3.63) is 58.8 Å². The maximum atomic E-state index is 13.0. The van der Waals surface area contributed by atoms with E-state index < -0.39 is 0 Å². The zero-order valence-corrected chi connectivity index (χ0v) is 16.6. The molecule has 1 aliphatic rings. The summed E-state index contributed by atoms with van der Waals surface area (Å²) in [5.74, 6) is 0.822. The number of fused-ring (bicyclic) bond motifs is 2. The molecule has 0 aliphatic carbocycles. The van der Waals surface area contributed by atoms with Crippen LogP contribution in [0, 0.1) is 13.8 Å². The predicted octanol–water partition coefficient (Wildman–Crippen LogP) is 3.43. The first-order valence-electron chi connectivity index (χ1n) is 9.35. The molecule has 5 heterocycles. The molecule has 1 atom stereocenters. The Kier molecular flexibility index (Phi) is 4.01. The molecule has 1 unspecified atom stereocenters. The lowest BCUT2D eigenvalue weighted by molar-refractivity contribution is -0.127. The molecule has 7 nitrogen and oxygen atoms in total. The molecule has 0 bridgehead atoms. The van der Waals surface area contributed by atoms with E-state index in [4.69, 9.17) is 0 Å². The molecule has 28 heavy (non-hydrogen) atoms. The highest BCUT2D eigenvalue weighted by Gasteiger charge is 2.32. The highest BCUT2D eigenvalue weighted by molar-refractivity contribution is 7.17. The first kappa shape index (κ1) is 17.1. The fourth-order valence-electron chi connectivity index (χ4n) is 3.91. The van der Waals surface area contributed by atoms with Crippen molar-refractivity contribution in [1.29, 1.82) is 0 Å². The van der Waals surface area contributed by atoms with Gasteiger partial charge in [-0.05, 0) is 44.9 Å². The average molecular weight is 392 g/mol. The lowest BCUT2D eigenvalue weighted by Crippen LogP contribution is -2.30. The number of rotatable bonds is 3. The SMILES string of the molecule is Cc1cn2c(/C=C/C(=O)N3CCCC3c3nnc4ccccn34)c(C)nc2s1. The van der Waals surface area contributed by atoms with Gasteiger partial charge >= 0.3 is 0 Å². The van der Waals surface area contributed by atoms with Gasteiger partial charge in [0.1, 0.15) is 0 Å². The molecular formula is C20H20N6OS. The summed E-state index contributed by atoms with van der Waals surface area (Å²) in [6, 6.07) is 5.77. The van der Waals surface area contributed by atoms with Crippen LogP contribution in [-0.4, -0.2) is 41.3 Å². The van der Waals surface area contributed by atoms with Gasteiger partial charge in [-0.25, -0.2) is 4.98 Å². The molecule has 4 aromatic rings. The van der Waals surface area contributed by atoms with Crippen molar-refractivity contribution in [2.45, 2.75) is 32.7 Å². The number of aryl methyl sites for hydroxylation is 2. The van der Waals surface area contributed by atoms with Crippen LogP contribution in [0.5, 0.6) is 0 Å². The number of likely N-dealkylation sites (tertiary alicyclic amines) is 1. The van der Waals surface area contributed by atoms with Crippen LogP contribution < -0.4 is 0 Å². The molecular weight excluding hydrogens is 372 g/mol. The maximum absolute atomic E-state index is 13.0. The molecule has 0 spiro atoms. The molecule has 0 N–H and O–H groups in total. The van der Waals surface area contributed by atoms with E-state index in [1.165, 1.54) is 4.88 Å². The number of carbonyl (C=O) groups excluding carboxylic acids is 1. The molecule has 0 radical (unpaired) electrons. The Labute approximate surface area is 166 Å². The van der Waals surface area contributed by atoms with Crippen LogP contribution in [0.1, 0.15) is 41.0 Å². The monoisotopic (exact) mass is 392 g/mol. The van der Waals surface area contributed by atoms with Gasteiger partial charge in [0, 0.05) is 29.9 Å². The Morgan fingerprint density at radius 2 is 2.14 bits per heavy atom. The molecule has 1 saturated heterocycles. The summed E-state index contributed by atoms with van der Waals surface area (Å²) in [7, 11) is 0. The Morgan fingerprint density at radius 3 is 3.04 bits per heavy atom. The Hall–Kier alpha value is -3.00. The van der Waals surface area contributed by atoms with E-state index in [1.807, 2.05) is 51.1 Å². The predicted molar refractivity (Wildman–Crippen MR) is 108 cm³/mol. The van der Waals surface area contributed by atoms with Crippen LogP contribution in [0.25, 0.3) is 16.7 Å². The molecule has 1 amide bonds. The smallest absolute Gasteiger partial charge is 0.247 e. The van der Waals surface area contributed by atoms with E-state index in [2.05, 4.69) is 28.3 Å². The van der Waals surface area contributed by atoms with Gasteiger partial charge in [-0.3, -0.25) is 13.6 Å². The molecule has 8 heteroatoms. The molecule has 1 aliphatic heterocycles. The summed E-state index contributed by atoms with van der Waals surface area (Å²) in [4.78, 5) is 21.6. The second-order valence-corrected chi connectivity index (χ2v) is 8.30. The minimum atomic E-state index is -0.0514. The fraction of sp³-hybridized carbons (Fsp3) is 0.300. The number of aromatic nitrogens is 5. The number of nitrogens with zero attached hydrogens (tertiary/aromatic N) is 6. The van der Waals surface area contributed by atoms with E-state index in [0.717, 1.165) is 47.2 Å². The molecule has 0 saturated carbocycles. The summed E-state index contributed by atoms with van der Waals surface area (Å²) in [6.45, 7) is 4.76. The summed E-state index contributed by atoms with van der Waals surface area (Å²) < 4.78 is 4.02. The van der Waals surface area contributed by atoms with E-state index in [1.54, 1.807) is 17.4 Å². The summed E-state index contributed by atoms with van der Waals surface area (Å²) in [5, 5.41) is 8.60. The summed E-state index contributed by atoms with van der Waals surface area (Å²) in [6.07, 6.45) is 9.41. The fourth-order valence-corrected chi connectivity index (χ4v) is 4.79. The van der Waals surface area contributed by atoms with Gasteiger partial charge in [0.15, 0.2) is 16.4 Å². The van der Waals surface area contributed by atoms with Gasteiger partial charge in [0.05, 0.1) is 17.4 Å². The van der Waals surface area contributed by atoms with E-state index in [-0.39, 0.29) is 11.9 Å². The lowest BCUT2D eigenvalue weighted by Gasteiger charge is -2.22. The van der Waals surface area contributed by atoms with Crippen LogP contribution >= 0.6 is 11.3 Å². The van der Waals surface area contributed by atoms with Crippen molar-refractivity contribution in [3.8, 4) is 0 Å². The van der Waals surface area contributed by atoms with Crippen molar-refractivity contribution in [3.63, 3.8) is 0 Å². The largest absolute Gasteiger partial charge is 0.329 e. The minimum absolute atomic E-state index is 0.00326. The Balaban J connectivity index is 1.44. The van der Waals surface area contributed by atoms with Crippen molar-refractivity contribution in [2.75, 3.05) is 6.54 Å². The molecule has 0 aromatic carbocycles. The van der Waals surface area contributed by atoms with Gasteiger partial charge in [0.25, 0.3) is 0 Å². The zero-order chi connectivity index (χ0) is 19.3. The Bertz CT molecular complexity index is 1220. The van der Waals surface area contributed by atoms with Crippen LogP contribution in [-0.2, 0) is 4.79 Å². The quantitative estimate of drug-likeness (QED) is 0.501. The average Bonchev–Trinajstić information content (AvgIpc) is 3.42. The number of amides is 1. The lowest BCUT2D eigenvalue weighted by atomic mass is 10.2. The van der Waals surface area contributed by atoms with Crippen molar-refractivity contribution in [1.82, 2.24) is 28.9 Å². The standard InChI is InChI=1S/C20H20N6OS/c1-13-12-26-15(14(2)21-20(26)28-13)8-9-18(27)24-11-5-6-16(24)19-23-22-17-7-3-4-10-25(17)19/h3-4,7-10,12,16H,5-6,11H2,1-2H3/b9-8+. The maximum Gasteiger partial charge on any atom is 0.247 e. The van der Waals surface area contributed by atoms with Gasteiger partial charge in [-0.2, -0.15) is 0 Å². The highest BCUT2D eigenvalue weighted by atomic mass is 32.1. The van der Waals surface area contributed by atoms with E-state index >= 15 is 0 Å². The highest BCUT2D eigenvalue weighted by Crippen LogP contribution is 2.31. The topological polar surface area (TPSA) is 67.8 Å². The number of pyridine rings is 1. The van der Waals surface area contributed by atoms with Gasteiger partial charge in [-0.15, -0.1) is 21.5 Å². The van der Waals surface area contributed by atoms with Gasteiger partial charge in [0.2, 0.25) is 5.91 Å². The summed E-state index contributed by atoms with van der Waals surface area (Å²) >= 11 is 1.65. The van der Waals surface area contributed by atoms with Crippen LogP contribution in [0.15, 0.2) is 36.7 Å². The first-order chi connectivity index (χ1) is 13.6. The van der Waals surface area contributed by atoms with Gasteiger partial charge in [-0.1, -0.05) is 6.07 Å². The number of hydrogen-bond acceptors (Lipinski definition) is 5. The number of thiazole rings is 1. The molecule has 1 fully saturated rings. The third-order valence-electron chi connectivity index (χ3n) is 5.22. The Morgan fingerprint density at radius 1 is 1.25 bits per heavy atom. The third kappa shape index (κ3) is 2.72. The van der Waals surface area contributed by atoms with Crippen molar-refractivity contribution >= 4 is 33.9 Å². The molecule has 4 aromatic heterocycles. The third-order valence-corrected chi connectivity index (χ3v) is 6.12. The normalized spacial score (nSPS) is 17.5. The number of hydrogen-bond donors (Lipinski definition) is 0. The second kappa shape index (κ2) is 6.56. The first-order valence-corrected chi connectivity index (χ1v) is 10.2. The minimum Gasteiger partial charge on any atom is -0.329 e. The van der Waals surface area contributed by atoms with Crippen molar-refractivity contribution in [2.24, 2.45) is 0 Å². The van der Waals surface area contributed by atoms with E-state index in [9.17, 15) is 4.79 Å². The van der Waals surface area contributed by atoms with Crippen molar-refractivity contribution < 1.29 is 4.79 Å².